The molecule has 0 heterocycles. The Balaban J connectivity index is 1.80. The molecule has 0 aliphatic carbocycles. The van der Waals surface area contributed by atoms with Crippen LogP contribution < -0.4 is 5.32 Å². The summed E-state index contributed by atoms with van der Waals surface area (Å²) < 4.78 is 0. The molecule has 3 rings (SSSR count). The van der Waals surface area contributed by atoms with Crippen LogP contribution in [0.1, 0.15) is 23.6 Å². The predicted octanol–water partition coefficient (Wildman–Crippen LogP) is 7.33. The van der Waals surface area contributed by atoms with Gasteiger partial charge in [0.1, 0.15) is 0 Å². The Hall–Kier alpha value is -1.81. The van der Waals surface area contributed by atoms with Crippen molar-refractivity contribution < 1.29 is 5.11 Å². The van der Waals surface area contributed by atoms with E-state index in [0.29, 0.717) is 28.7 Å². The Morgan fingerprint density at radius 3 is 2.44 bits per heavy atom. The highest BCUT2D eigenvalue weighted by Crippen LogP contribution is 2.40. The van der Waals surface area contributed by atoms with Crippen LogP contribution in [-0.4, -0.2) is 5.11 Å². The standard InChI is InChI=1S/C22H21Cl2NOS/c1-3-17-18(23)12-19(22(26)21(17)24)25-13-15-6-4-5-7-20(15)27-16-10-8-14(2)9-11-16/h4-12,25-26H,3,13H2,1-2H3. The van der Waals surface area contributed by atoms with Crippen molar-refractivity contribution in [1.29, 1.82) is 0 Å². The van der Waals surface area contributed by atoms with Gasteiger partial charge in [-0.1, -0.05) is 77.8 Å². The lowest BCUT2D eigenvalue weighted by Crippen LogP contribution is -2.02. The van der Waals surface area contributed by atoms with Gasteiger partial charge in [-0.15, -0.1) is 0 Å². The van der Waals surface area contributed by atoms with Gasteiger partial charge in [-0.3, -0.25) is 0 Å². The maximum Gasteiger partial charge on any atom is 0.157 e. The molecule has 2 N–H and O–H groups in total. The third-order valence-electron chi connectivity index (χ3n) is 4.33. The third kappa shape index (κ3) is 4.73. The molecule has 5 heteroatoms. The highest BCUT2D eigenvalue weighted by molar-refractivity contribution is 7.99. The SMILES string of the molecule is CCc1c(Cl)cc(NCc2ccccc2Sc2ccc(C)cc2)c(O)c1Cl. The van der Waals surface area contributed by atoms with E-state index in [-0.39, 0.29) is 5.75 Å². The minimum absolute atomic E-state index is 0.0431. The Labute approximate surface area is 174 Å². The van der Waals surface area contributed by atoms with E-state index in [1.54, 1.807) is 17.8 Å². The van der Waals surface area contributed by atoms with Crippen molar-refractivity contribution in [2.75, 3.05) is 5.32 Å². The molecule has 0 atom stereocenters. The second-order valence-corrected chi connectivity index (χ2v) is 8.18. The van der Waals surface area contributed by atoms with Gasteiger partial charge in [0.05, 0.1) is 10.7 Å². The van der Waals surface area contributed by atoms with Crippen molar-refractivity contribution in [1.82, 2.24) is 0 Å². The maximum absolute atomic E-state index is 10.4. The number of nitrogens with one attached hydrogen (secondary N) is 1. The fraction of sp³-hybridized carbons (Fsp3) is 0.182. The molecule has 0 saturated carbocycles. The van der Waals surface area contributed by atoms with E-state index >= 15 is 0 Å². The van der Waals surface area contributed by atoms with Crippen molar-refractivity contribution >= 4 is 40.7 Å². The van der Waals surface area contributed by atoms with E-state index < -0.39 is 0 Å². The monoisotopic (exact) mass is 417 g/mol. The number of phenolic OH excluding ortho intramolecular Hbond substituents is 1. The Bertz CT molecular complexity index is 942. The van der Waals surface area contributed by atoms with Gasteiger partial charge >= 0.3 is 0 Å². The van der Waals surface area contributed by atoms with E-state index in [4.69, 9.17) is 23.2 Å². The molecule has 0 amide bonds. The number of aromatic hydroxyl groups is 1. The number of aryl methyl sites for hydroxylation is 1. The second kappa shape index (κ2) is 8.92. The molecule has 0 saturated heterocycles. The second-order valence-electron chi connectivity index (χ2n) is 6.28. The Morgan fingerprint density at radius 1 is 1.04 bits per heavy atom. The molecule has 0 aliphatic heterocycles. The molecule has 0 fully saturated rings. The first kappa shape index (κ1) is 19.9. The third-order valence-corrected chi connectivity index (χ3v) is 6.20. The summed E-state index contributed by atoms with van der Waals surface area (Å²) in [6.45, 7) is 4.60. The van der Waals surface area contributed by atoms with Gasteiger partial charge in [-0.25, -0.2) is 0 Å². The first-order chi connectivity index (χ1) is 13.0. The minimum atomic E-state index is 0.0431. The summed E-state index contributed by atoms with van der Waals surface area (Å²) in [6.07, 6.45) is 0.668. The minimum Gasteiger partial charge on any atom is -0.504 e. The van der Waals surface area contributed by atoms with Gasteiger partial charge in [0.25, 0.3) is 0 Å². The summed E-state index contributed by atoms with van der Waals surface area (Å²) in [6, 6.07) is 18.4. The summed E-state index contributed by atoms with van der Waals surface area (Å²) in [4.78, 5) is 2.35. The summed E-state index contributed by atoms with van der Waals surface area (Å²) in [5.41, 5.74) is 3.68. The largest absolute Gasteiger partial charge is 0.504 e. The highest BCUT2D eigenvalue weighted by atomic mass is 35.5. The summed E-state index contributed by atoms with van der Waals surface area (Å²) in [5.74, 6) is 0.0431. The van der Waals surface area contributed by atoms with Crippen LogP contribution in [0.2, 0.25) is 10.0 Å². The van der Waals surface area contributed by atoms with Crippen LogP contribution in [0.5, 0.6) is 5.75 Å². The maximum atomic E-state index is 10.4. The molecule has 0 unspecified atom stereocenters. The molecule has 0 bridgehead atoms. The smallest absolute Gasteiger partial charge is 0.157 e. The molecule has 0 radical (unpaired) electrons. The number of phenols is 1. The van der Waals surface area contributed by atoms with Crippen molar-refractivity contribution in [3.8, 4) is 5.75 Å². The zero-order valence-corrected chi connectivity index (χ0v) is 17.6. The van der Waals surface area contributed by atoms with Crippen LogP contribution in [-0.2, 0) is 13.0 Å². The quantitative estimate of drug-likeness (QED) is 0.411. The predicted molar refractivity (Wildman–Crippen MR) is 117 cm³/mol. The van der Waals surface area contributed by atoms with Gasteiger partial charge in [-0.2, -0.15) is 0 Å². The molecule has 27 heavy (non-hydrogen) atoms. The lowest BCUT2D eigenvalue weighted by Gasteiger charge is -2.15. The van der Waals surface area contributed by atoms with Crippen LogP contribution in [0.15, 0.2) is 64.4 Å². The van der Waals surface area contributed by atoms with E-state index in [9.17, 15) is 5.11 Å². The molecule has 0 aliphatic rings. The van der Waals surface area contributed by atoms with Crippen molar-refractivity contribution in [3.63, 3.8) is 0 Å². The lowest BCUT2D eigenvalue weighted by molar-refractivity contribution is 0.476. The highest BCUT2D eigenvalue weighted by Gasteiger charge is 2.14. The van der Waals surface area contributed by atoms with Crippen LogP contribution in [0.25, 0.3) is 0 Å². The fourth-order valence-corrected chi connectivity index (χ4v) is 4.45. The number of halogens is 2. The van der Waals surface area contributed by atoms with Gasteiger partial charge < -0.3 is 10.4 Å². The molecule has 3 aromatic rings. The first-order valence-corrected chi connectivity index (χ1v) is 10.3. The van der Waals surface area contributed by atoms with E-state index in [0.717, 1.165) is 16.0 Å². The van der Waals surface area contributed by atoms with Crippen LogP contribution >= 0.6 is 35.0 Å². The normalized spacial score (nSPS) is 10.8. The molecule has 2 nitrogen and oxygen atoms in total. The van der Waals surface area contributed by atoms with Crippen LogP contribution in [0, 0.1) is 6.92 Å². The average Bonchev–Trinajstić information content (AvgIpc) is 2.67. The molecule has 3 aromatic carbocycles. The first-order valence-electron chi connectivity index (χ1n) is 8.75. The molecular weight excluding hydrogens is 397 g/mol. The average molecular weight is 418 g/mol. The number of anilines is 1. The number of rotatable bonds is 6. The van der Waals surface area contributed by atoms with E-state index in [2.05, 4.69) is 48.6 Å². The topological polar surface area (TPSA) is 32.3 Å². The summed E-state index contributed by atoms with van der Waals surface area (Å²) >= 11 is 14.3. The van der Waals surface area contributed by atoms with Crippen LogP contribution in [0.4, 0.5) is 5.69 Å². The zero-order chi connectivity index (χ0) is 19.4. The van der Waals surface area contributed by atoms with Gasteiger partial charge in [-0.05, 0) is 48.7 Å². The van der Waals surface area contributed by atoms with Crippen molar-refractivity contribution in [3.05, 3.63) is 81.3 Å². The lowest BCUT2D eigenvalue weighted by atomic mass is 10.1. The Kier molecular flexibility index (Phi) is 6.59. The molecule has 0 aromatic heterocycles. The molecular formula is C22H21Cl2NOS. The molecule has 0 spiro atoms. The summed E-state index contributed by atoms with van der Waals surface area (Å²) in [5, 5.41) is 14.5. The summed E-state index contributed by atoms with van der Waals surface area (Å²) in [7, 11) is 0. The number of hydrogen-bond donors (Lipinski definition) is 2. The van der Waals surface area contributed by atoms with E-state index in [1.165, 1.54) is 10.5 Å². The van der Waals surface area contributed by atoms with Crippen molar-refractivity contribution in [2.45, 2.75) is 36.6 Å². The van der Waals surface area contributed by atoms with Gasteiger partial charge in [0, 0.05) is 21.4 Å². The Morgan fingerprint density at radius 2 is 1.74 bits per heavy atom. The van der Waals surface area contributed by atoms with Crippen LogP contribution in [0.3, 0.4) is 0 Å². The zero-order valence-electron chi connectivity index (χ0n) is 15.2. The number of hydrogen-bond acceptors (Lipinski definition) is 3. The fourth-order valence-electron chi connectivity index (χ4n) is 2.78. The van der Waals surface area contributed by atoms with Gasteiger partial charge in [0.2, 0.25) is 0 Å². The van der Waals surface area contributed by atoms with Crippen molar-refractivity contribution in [2.24, 2.45) is 0 Å². The van der Waals surface area contributed by atoms with Gasteiger partial charge in [0.15, 0.2) is 5.75 Å². The van der Waals surface area contributed by atoms with E-state index in [1.807, 2.05) is 19.1 Å². The molecule has 140 valence electrons. The number of benzene rings is 3.